The van der Waals surface area contributed by atoms with Crippen LogP contribution in [0.25, 0.3) is 10.6 Å². The molecule has 2 rings (SSSR count). The minimum absolute atomic E-state index is 0.195. The van der Waals surface area contributed by atoms with E-state index in [-0.39, 0.29) is 5.71 Å². The average Bonchev–Trinajstić information content (AvgIpc) is 2.48. The predicted molar refractivity (Wildman–Crippen MR) is 79.8 cm³/mol. The quantitative estimate of drug-likeness (QED) is 0.361. The van der Waals surface area contributed by atoms with E-state index >= 15 is 0 Å². The molecule has 0 unspecified atom stereocenters. The van der Waals surface area contributed by atoms with Gasteiger partial charge in [-0.25, -0.2) is 0 Å². The summed E-state index contributed by atoms with van der Waals surface area (Å²) in [5.41, 5.74) is 9.67. The molecular weight excluding hydrogens is 308 g/mol. The molecule has 0 spiro atoms. The van der Waals surface area contributed by atoms with E-state index in [1.807, 2.05) is 0 Å². The summed E-state index contributed by atoms with van der Waals surface area (Å²) in [6.07, 6.45) is 10.4. The lowest BCUT2D eigenvalue weighted by Gasteiger charge is -2.11. The molecule has 2 aliphatic carbocycles. The first kappa shape index (κ1) is 15.4. The van der Waals surface area contributed by atoms with E-state index in [1.165, 1.54) is 12.2 Å². The van der Waals surface area contributed by atoms with Gasteiger partial charge in [-0.05, 0) is 29.0 Å². The summed E-state index contributed by atoms with van der Waals surface area (Å²) in [7, 11) is -4.53. The molecule has 0 aliphatic heterocycles. The van der Waals surface area contributed by atoms with Gasteiger partial charge in [-0.2, -0.15) is 8.42 Å². The minimum Gasteiger partial charge on any atom is -0.362 e. The van der Waals surface area contributed by atoms with Crippen LogP contribution in [-0.4, -0.2) is 24.4 Å². The zero-order valence-electron chi connectivity index (χ0n) is 10.9. The Morgan fingerprint density at radius 3 is 2.27 bits per heavy atom. The van der Waals surface area contributed by atoms with Crippen LogP contribution in [0, 0.1) is 5.39 Å². The largest absolute Gasteiger partial charge is 0.362 e. The van der Waals surface area contributed by atoms with Gasteiger partial charge in [0, 0.05) is 0 Å². The Hall–Kier alpha value is -3.03. The molecule has 0 aromatic carbocycles. The van der Waals surface area contributed by atoms with Crippen molar-refractivity contribution in [1.29, 1.82) is 5.39 Å². The third-order valence-electron chi connectivity index (χ3n) is 2.75. The highest BCUT2D eigenvalue weighted by Gasteiger charge is 2.25. The van der Waals surface area contributed by atoms with E-state index in [1.54, 1.807) is 30.4 Å². The van der Waals surface area contributed by atoms with E-state index in [0.29, 0.717) is 16.9 Å². The monoisotopic (exact) mass is 316 g/mol. The van der Waals surface area contributed by atoms with Crippen LogP contribution in [0.3, 0.4) is 0 Å². The topological polar surface area (TPSA) is 142 Å². The number of hydrogen-bond donors (Lipinski definition) is 1. The Kier molecular flexibility index (Phi) is 4.31. The second-order valence-corrected chi connectivity index (χ2v) is 5.47. The molecule has 0 amide bonds. The van der Waals surface area contributed by atoms with Gasteiger partial charge in [0.15, 0.2) is 10.8 Å². The second kappa shape index (κ2) is 6.17. The highest BCUT2D eigenvalue weighted by Crippen LogP contribution is 2.23. The van der Waals surface area contributed by atoms with E-state index in [4.69, 9.17) is 10.9 Å². The van der Waals surface area contributed by atoms with Crippen molar-refractivity contribution in [3.63, 3.8) is 0 Å². The molecule has 1 N–H and O–H groups in total. The molecule has 0 aromatic heterocycles. The van der Waals surface area contributed by atoms with Crippen LogP contribution >= 0.6 is 0 Å². The maximum absolute atomic E-state index is 11.4. The molecule has 0 saturated heterocycles. The number of nitrogens with zero attached hydrogens (tertiary/aromatic N) is 6. The fourth-order valence-corrected chi connectivity index (χ4v) is 2.45. The van der Waals surface area contributed by atoms with Crippen molar-refractivity contribution in [2.75, 3.05) is 0 Å². The van der Waals surface area contributed by atoms with Crippen LogP contribution in [-0.2, 0) is 10.1 Å². The Morgan fingerprint density at radius 2 is 1.73 bits per heavy atom. The van der Waals surface area contributed by atoms with Crippen LogP contribution in [0.15, 0.2) is 74.0 Å². The van der Waals surface area contributed by atoms with Crippen LogP contribution in [0.4, 0.5) is 0 Å². The minimum atomic E-state index is -4.53. The van der Waals surface area contributed by atoms with Gasteiger partial charge in [-0.1, -0.05) is 30.4 Å². The average molecular weight is 316 g/mol. The molecule has 0 fully saturated rings. The summed E-state index contributed by atoms with van der Waals surface area (Å²) >= 11 is 0. The maximum Gasteiger partial charge on any atom is 0.339 e. The summed E-state index contributed by atoms with van der Waals surface area (Å²) in [6.45, 7) is 0. The molecule has 9 nitrogen and oxygen atoms in total. The first-order valence-electron chi connectivity index (χ1n) is 5.78. The number of allylic oxidation sites excluding steroid dienone is 10. The Balaban J connectivity index is 2.51. The molecule has 0 radical (unpaired) electrons. The maximum atomic E-state index is 11.4. The molecule has 0 saturated carbocycles. The fraction of sp³-hybridized carbons (Fsp3) is 0. The molecule has 2 aliphatic rings. The van der Waals surface area contributed by atoms with Crippen molar-refractivity contribution in [2.24, 2.45) is 15.4 Å². The highest BCUT2D eigenvalue weighted by atomic mass is 32.2. The van der Waals surface area contributed by atoms with E-state index in [9.17, 15) is 13.0 Å². The number of rotatable bonds is 2. The van der Waals surface area contributed by atoms with Crippen molar-refractivity contribution in [3.8, 4) is 0 Å². The van der Waals surface area contributed by atoms with Gasteiger partial charge in [0.1, 0.15) is 4.91 Å². The zero-order chi connectivity index (χ0) is 16.2. The Morgan fingerprint density at radius 1 is 1.09 bits per heavy atom. The lowest BCUT2D eigenvalue weighted by atomic mass is 9.98. The van der Waals surface area contributed by atoms with Gasteiger partial charge in [0.25, 0.3) is 15.5 Å². The van der Waals surface area contributed by atoms with E-state index in [0.717, 1.165) is 0 Å². The SMILES string of the molecule is N#[N+]N=C1C=CC(=C2C=CC(=NN=[N-])C=C2)C=C1S(=O)(=O)O. The van der Waals surface area contributed by atoms with E-state index in [2.05, 4.69) is 20.5 Å². The normalized spacial score (nSPS) is 19.2. The molecule has 110 valence electrons. The van der Waals surface area contributed by atoms with Gasteiger partial charge in [-0.3, -0.25) is 9.78 Å². The molecule has 0 heterocycles. The number of hydrogen-bond acceptors (Lipinski definition) is 5. The molecule has 0 atom stereocenters. The van der Waals surface area contributed by atoms with Crippen molar-refractivity contribution in [3.05, 3.63) is 69.2 Å². The molecule has 0 bridgehead atoms. The molecular formula is C12H8N6O3S. The summed E-state index contributed by atoms with van der Waals surface area (Å²) in [5, 5.41) is 20.2. The van der Waals surface area contributed by atoms with Gasteiger partial charge < -0.3 is 10.6 Å². The standard InChI is InChI=1S/C12H8N6O3S/c13-17-15-10-4-1-8(2-5-10)9-3-6-11(16-18-14)12(7-9)22(19,20)21/h1-7H,(H,19,20,21). The molecule has 10 heteroatoms. The lowest BCUT2D eigenvalue weighted by Crippen LogP contribution is -2.14. The zero-order valence-corrected chi connectivity index (χ0v) is 11.7. The predicted octanol–water partition coefficient (Wildman–Crippen LogP) is 2.34. The van der Waals surface area contributed by atoms with E-state index < -0.39 is 15.0 Å². The van der Waals surface area contributed by atoms with Crippen LogP contribution in [0.1, 0.15) is 0 Å². The van der Waals surface area contributed by atoms with Crippen LogP contribution < -0.4 is 0 Å². The lowest BCUT2D eigenvalue weighted by molar-refractivity contribution is 0.493. The summed E-state index contributed by atoms with van der Waals surface area (Å²) in [5.74, 6) is 0. The van der Waals surface area contributed by atoms with Crippen molar-refractivity contribution in [1.82, 2.24) is 0 Å². The summed E-state index contributed by atoms with van der Waals surface area (Å²) < 4.78 is 32.0. The highest BCUT2D eigenvalue weighted by molar-refractivity contribution is 7.91. The summed E-state index contributed by atoms with van der Waals surface area (Å²) in [4.78, 5) is -0.484. The smallest absolute Gasteiger partial charge is 0.339 e. The number of diazo groups is 1. The molecule has 22 heavy (non-hydrogen) atoms. The van der Waals surface area contributed by atoms with Gasteiger partial charge in [0.05, 0.1) is 0 Å². The van der Waals surface area contributed by atoms with Crippen molar-refractivity contribution < 1.29 is 13.0 Å². The first-order valence-corrected chi connectivity index (χ1v) is 7.22. The van der Waals surface area contributed by atoms with Crippen LogP contribution in [0.2, 0.25) is 0 Å². The van der Waals surface area contributed by atoms with Gasteiger partial charge >= 0.3 is 5.08 Å². The van der Waals surface area contributed by atoms with Crippen LogP contribution in [0.5, 0.6) is 0 Å². The van der Waals surface area contributed by atoms with Gasteiger partial charge in [-0.15, -0.1) is 0 Å². The third-order valence-corrected chi connectivity index (χ3v) is 3.63. The van der Waals surface area contributed by atoms with Gasteiger partial charge in [0.2, 0.25) is 0 Å². The van der Waals surface area contributed by atoms with Crippen molar-refractivity contribution >= 4 is 21.5 Å². The fourth-order valence-electron chi connectivity index (χ4n) is 1.80. The van der Waals surface area contributed by atoms with Crippen molar-refractivity contribution in [2.45, 2.75) is 0 Å². The summed E-state index contributed by atoms with van der Waals surface area (Å²) in [6, 6.07) is 0. The Labute approximate surface area is 125 Å². The second-order valence-electron chi connectivity index (χ2n) is 4.08. The Bertz CT molecular complexity index is 860. The third kappa shape index (κ3) is 3.35. The molecule has 0 aromatic rings. The first-order chi connectivity index (χ1) is 10.5.